The standard InChI is InChI=1S/C10H17N/c1-4-9(3)8-10(5-2)6-7-11/h6,9H,4-5,8H2,1-3H3. The van der Waals surface area contributed by atoms with E-state index in [9.17, 15) is 0 Å². The molecule has 1 unspecified atom stereocenters. The van der Waals surface area contributed by atoms with Gasteiger partial charge in [0.15, 0.2) is 0 Å². The van der Waals surface area contributed by atoms with Crippen molar-refractivity contribution in [3.63, 3.8) is 0 Å². The van der Waals surface area contributed by atoms with Gasteiger partial charge in [0, 0.05) is 6.08 Å². The summed E-state index contributed by atoms with van der Waals surface area (Å²) in [5.41, 5.74) is 1.28. The first kappa shape index (κ1) is 10.2. The van der Waals surface area contributed by atoms with Crippen LogP contribution in [0.1, 0.15) is 40.0 Å². The third-order valence-electron chi connectivity index (χ3n) is 2.03. The average molecular weight is 151 g/mol. The molecule has 0 saturated heterocycles. The summed E-state index contributed by atoms with van der Waals surface area (Å²) in [7, 11) is 0. The molecule has 0 radical (unpaired) electrons. The maximum Gasteiger partial charge on any atom is 0.0911 e. The van der Waals surface area contributed by atoms with E-state index in [0.29, 0.717) is 0 Å². The molecule has 0 N–H and O–H groups in total. The molecule has 0 amide bonds. The predicted octanol–water partition coefficient (Wildman–Crippen LogP) is 3.28. The molecule has 0 aromatic heterocycles. The lowest BCUT2D eigenvalue weighted by atomic mass is 9.97. The van der Waals surface area contributed by atoms with E-state index in [1.165, 1.54) is 12.0 Å². The number of hydrogen-bond acceptors (Lipinski definition) is 1. The van der Waals surface area contributed by atoms with Crippen molar-refractivity contribution >= 4 is 0 Å². The Hall–Kier alpha value is -0.770. The van der Waals surface area contributed by atoms with E-state index in [4.69, 9.17) is 5.26 Å². The highest BCUT2D eigenvalue weighted by molar-refractivity contribution is 5.13. The fourth-order valence-corrected chi connectivity index (χ4v) is 0.989. The van der Waals surface area contributed by atoms with E-state index in [1.54, 1.807) is 6.08 Å². The van der Waals surface area contributed by atoms with E-state index >= 15 is 0 Å². The fraction of sp³-hybridized carbons (Fsp3) is 0.700. The Labute approximate surface area is 69.7 Å². The van der Waals surface area contributed by atoms with Gasteiger partial charge >= 0.3 is 0 Å². The Kier molecular flexibility index (Phi) is 5.56. The molecule has 0 aliphatic heterocycles. The Morgan fingerprint density at radius 2 is 2.18 bits per heavy atom. The van der Waals surface area contributed by atoms with E-state index in [-0.39, 0.29) is 0 Å². The Morgan fingerprint density at radius 1 is 1.55 bits per heavy atom. The largest absolute Gasteiger partial charge is 0.193 e. The van der Waals surface area contributed by atoms with Crippen LogP contribution in [0.25, 0.3) is 0 Å². The van der Waals surface area contributed by atoms with Crippen LogP contribution in [-0.4, -0.2) is 0 Å². The van der Waals surface area contributed by atoms with Crippen molar-refractivity contribution in [2.24, 2.45) is 5.92 Å². The maximum absolute atomic E-state index is 8.43. The topological polar surface area (TPSA) is 23.8 Å². The highest BCUT2D eigenvalue weighted by Crippen LogP contribution is 2.16. The van der Waals surface area contributed by atoms with E-state index in [1.807, 2.05) is 0 Å². The molecule has 0 rings (SSSR count). The molecule has 1 nitrogen and oxygen atoms in total. The van der Waals surface area contributed by atoms with Crippen LogP contribution in [0.4, 0.5) is 0 Å². The van der Waals surface area contributed by atoms with Crippen molar-refractivity contribution in [2.75, 3.05) is 0 Å². The summed E-state index contributed by atoms with van der Waals surface area (Å²) in [5, 5.41) is 8.43. The van der Waals surface area contributed by atoms with Gasteiger partial charge in [-0.3, -0.25) is 0 Å². The van der Waals surface area contributed by atoms with Crippen LogP contribution in [-0.2, 0) is 0 Å². The average Bonchev–Trinajstić information content (AvgIpc) is 2.03. The molecule has 0 spiro atoms. The number of nitrogens with zero attached hydrogens (tertiary/aromatic N) is 1. The molecule has 1 atom stereocenters. The van der Waals surface area contributed by atoms with Gasteiger partial charge in [-0.05, 0) is 18.8 Å². The summed E-state index contributed by atoms with van der Waals surface area (Å²) in [6, 6.07) is 2.09. The van der Waals surface area contributed by atoms with Crippen LogP contribution in [0.2, 0.25) is 0 Å². The third kappa shape index (κ3) is 4.61. The Morgan fingerprint density at radius 3 is 2.55 bits per heavy atom. The normalized spacial score (nSPS) is 14.2. The molecule has 11 heavy (non-hydrogen) atoms. The van der Waals surface area contributed by atoms with Crippen LogP contribution < -0.4 is 0 Å². The van der Waals surface area contributed by atoms with Crippen molar-refractivity contribution in [2.45, 2.75) is 40.0 Å². The van der Waals surface area contributed by atoms with Crippen LogP contribution in [0.3, 0.4) is 0 Å². The van der Waals surface area contributed by atoms with Gasteiger partial charge in [-0.1, -0.05) is 32.8 Å². The smallest absolute Gasteiger partial charge is 0.0911 e. The predicted molar refractivity (Wildman–Crippen MR) is 48.1 cm³/mol. The van der Waals surface area contributed by atoms with E-state index in [2.05, 4.69) is 26.8 Å². The molecule has 0 saturated carbocycles. The van der Waals surface area contributed by atoms with Crippen molar-refractivity contribution < 1.29 is 0 Å². The van der Waals surface area contributed by atoms with Crippen molar-refractivity contribution in [3.8, 4) is 6.07 Å². The minimum atomic E-state index is 0.717. The molecule has 0 bridgehead atoms. The molecule has 0 aliphatic rings. The number of allylic oxidation sites excluding steroid dienone is 2. The molecule has 0 fully saturated rings. The zero-order chi connectivity index (χ0) is 8.69. The second-order valence-electron chi connectivity index (χ2n) is 3.00. The third-order valence-corrected chi connectivity index (χ3v) is 2.03. The molecular weight excluding hydrogens is 134 g/mol. The van der Waals surface area contributed by atoms with E-state index in [0.717, 1.165) is 18.8 Å². The summed E-state index contributed by atoms with van der Waals surface area (Å²) in [5.74, 6) is 0.717. The number of nitriles is 1. The monoisotopic (exact) mass is 151 g/mol. The van der Waals surface area contributed by atoms with Gasteiger partial charge in [0.2, 0.25) is 0 Å². The van der Waals surface area contributed by atoms with E-state index < -0.39 is 0 Å². The lowest BCUT2D eigenvalue weighted by molar-refractivity contribution is 0.550. The quantitative estimate of drug-likeness (QED) is 0.566. The number of hydrogen-bond donors (Lipinski definition) is 0. The first-order valence-corrected chi connectivity index (χ1v) is 4.32. The summed E-state index contributed by atoms with van der Waals surface area (Å²) in [6.45, 7) is 6.51. The van der Waals surface area contributed by atoms with Crippen LogP contribution in [0, 0.1) is 17.2 Å². The number of rotatable bonds is 4. The van der Waals surface area contributed by atoms with Gasteiger partial charge in [0.05, 0.1) is 6.07 Å². The van der Waals surface area contributed by atoms with Gasteiger partial charge in [-0.15, -0.1) is 0 Å². The zero-order valence-electron chi connectivity index (χ0n) is 7.72. The van der Waals surface area contributed by atoms with Crippen LogP contribution in [0.15, 0.2) is 11.6 Å². The fourth-order valence-electron chi connectivity index (χ4n) is 0.989. The van der Waals surface area contributed by atoms with Gasteiger partial charge in [0.1, 0.15) is 0 Å². The van der Waals surface area contributed by atoms with Crippen molar-refractivity contribution in [1.82, 2.24) is 0 Å². The highest BCUT2D eigenvalue weighted by atomic mass is 14.2. The van der Waals surface area contributed by atoms with Gasteiger partial charge in [-0.25, -0.2) is 0 Å². The van der Waals surface area contributed by atoms with Crippen molar-refractivity contribution in [1.29, 1.82) is 5.26 Å². The minimum Gasteiger partial charge on any atom is -0.193 e. The molecule has 0 aromatic rings. The summed E-state index contributed by atoms with van der Waals surface area (Å²) in [4.78, 5) is 0. The van der Waals surface area contributed by atoms with Gasteiger partial charge in [0.25, 0.3) is 0 Å². The summed E-state index contributed by atoms with van der Waals surface area (Å²) < 4.78 is 0. The Bertz CT molecular complexity index is 162. The lowest BCUT2D eigenvalue weighted by Gasteiger charge is -2.08. The molecular formula is C10H17N. The zero-order valence-corrected chi connectivity index (χ0v) is 7.72. The highest BCUT2D eigenvalue weighted by Gasteiger charge is 2.01. The first-order chi connectivity index (χ1) is 5.24. The maximum atomic E-state index is 8.43. The SMILES string of the molecule is CCC(=CC#N)CC(C)CC. The summed E-state index contributed by atoms with van der Waals surface area (Å²) >= 11 is 0. The molecule has 0 aliphatic carbocycles. The molecule has 0 aromatic carbocycles. The molecule has 1 heteroatoms. The van der Waals surface area contributed by atoms with Crippen LogP contribution in [0.5, 0.6) is 0 Å². The Balaban J connectivity index is 3.90. The lowest BCUT2D eigenvalue weighted by Crippen LogP contribution is -1.94. The van der Waals surface area contributed by atoms with Crippen LogP contribution >= 0.6 is 0 Å². The van der Waals surface area contributed by atoms with Gasteiger partial charge in [-0.2, -0.15) is 5.26 Å². The van der Waals surface area contributed by atoms with Gasteiger partial charge < -0.3 is 0 Å². The molecule has 0 heterocycles. The second kappa shape index (κ2) is 5.97. The van der Waals surface area contributed by atoms with Crippen molar-refractivity contribution in [3.05, 3.63) is 11.6 Å². The molecule has 62 valence electrons. The second-order valence-corrected chi connectivity index (χ2v) is 3.00. The minimum absolute atomic E-state index is 0.717. The summed E-state index contributed by atoms with van der Waals surface area (Å²) in [6.07, 6.45) is 4.98. The first-order valence-electron chi connectivity index (χ1n) is 4.32.